The van der Waals surface area contributed by atoms with Gasteiger partial charge in [0.25, 0.3) is 0 Å². The highest BCUT2D eigenvalue weighted by molar-refractivity contribution is 6.07. The van der Waals surface area contributed by atoms with Crippen molar-refractivity contribution in [1.82, 2.24) is 0 Å². The molecule has 0 amide bonds. The van der Waals surface area contributed by atoms with Gasteiger partial charge in [-0.2, -0.15) is 0 Å². The SMILES string of the molecule is NN.c1ccc2c(c1)ccc1ccccc12. The standard InChI is InChI=1S/C14H10.H4N2/c1-3-7-13-11(5-1)9-10-12-6-2-4-8-14(12)13;1-2/h1-10H;1-2H2. The smallest absolute Gasteiger partial charge is 0.0105 e. The van der Waals surface area contributed by atoms with Gasteiger partial charge in [0, 0.05) is 0 Å². The Bertz CT molecular complexity index is 548. The van der Waals surface area contributed by atoms with E-state index >= 15 is 0 Å². The van der Waals surface area contributed by atoms with Crippen LogP contribution in [0.15, 0.2) is 60.7 Å². The lowest BCUT2D eigenvalue weighted by Gasteiger charge is -2.02. The second-order valence-corrected chi connectivity index (χ2v) is 3.51. The van der Waals surface area contributed by atoms with Crippen molar-refractivity contribution >= 4 is 21.5 Å². The van der Waals surface area contributed by atoms with E-state index in [-0.39, 0.29) is 0 Å². The Balaban J connectivity index is 0.000000457. The second kappa shape index (κ2) is 4.75. The largest absolute Gasteiger partial charge is 0.274 e. The van der Waals surface area contributed by atoms with Gasteiger partial charge in [-0.05, 0) is 21.5 Å². The molecule has 2 heteroatoms. The van der Waals surface area contributed by atoms with Crippen LogP contribution in [-0.4, -0.2) is 0 Å². The van der Waals surface area contributed by atoms with Crippen LogP contribution in [0, 0.1) is 0 Å². The lowest BCUT2D eigenvalue weighted by molar-refractivity contribution is 1.26. The van der Waals surface area contributed by atoms with Gasteiger partial charge in [0.05, 0.1) is 0 Å². The minimum Gasteiger partial charge on any atom is -0.274 e. The predicted octanol–water partition coefficient (Wildman–Crippen LogP) is 2.81. The Morgan fingerprint density at radius 1 is 0.500 bits per heavy atom. The van der Waals surface area contributed by atoms with E-state index in [4.69, 9.17) is 0 Å². The molecule has 0 spiro atoms. The minimum absolute atomic E-state index is 1.31. The van der Waals surface area contributed by atoms with E-state index in [9.17, 15) is 0 Å². The lowest BCUT2D eigenvalue weighted by Crippen LogP contribution is -2.02. The number of hydrogen-bond donors (Lipinski definition) is 2. The minimum atomic E-state index is 1.31. The molecule has 3 aromatic rings. The van der Waals surface area contributed by atoms with Crippen molar-refractivity contribution < 1.29 is 0 Å². The summed E-state index contributed by atoms with van der Waals surface area (Å²) in [5.74, 6) is 8.00. The molecule has 80 valence electrons. The quantitative estimate of drug-likeness (QED) is 0.340. The molecule has 0 saturated carbocycles. The molecule has 16 heavy (non-hydrogen) atoms. The van der Waals surface area contributed by atoms with Crippen molar-refractivity contribution in [1.29, 1.82) is 0 Å². The number of hydrogen-bond acceptors (Lipinski definition) is 2. The number of nitrogens with two attached hydrogens (primary N) is 2. The van der Waals surface area contributed by atoms with Gasteiger partial charge in [0.2, 0.25) is 0 Å². The molecule has 0 radical (unpaired) electrons. The average molecular weight is 210 g/mol. The van der Waals surface area contributed by atoms with E-state index in [1.807, 2.05) is 0 Å². The number of rotatable bonds is 0. The number of fused-ring (bicyclic) bond motifs is 3. The summed E-state index contributed by atoms with van der Waals surface area (Å²) in [6, 6.07) is 21.4. The zero-order valence-corrected chi connectivity index (χ0v) is 8.93. The Morgan fingerprint density at radius 3 is 1.31 bits per heavy atom. The average Bonchev–Trinajstić information content (AvgIpc) is 2.41. The van der Waals surface area contributed by atoms with Crippen LogP contribution in [0.2, 0.25) is 0 Å². The molecule has 0 saturated heterocycles. The van der Waals surface area contributed by atoms with Crippen LogP contribution in [0.4, 0.5) is 0 Å². The fourth-order valence-corrected chi connectivity index (χ4v) is 1.95. The highest BCUT2D eigenvalue weighted by Gasteiger charge is 1.97. The van der Waals surface area contributed by atoms with Crippen LogP contribution in [0.5, 0.6) is 0 Å². The van der Waals surface area contributed by atoms with Crippen molar-refractivity contribution in [3.63, 3.8) is 0 Å². The molecule has 3 aromatic carbocycles. The fraction of sp³-hybridized carbons (Fsp3) is 0. The number of benzene rings is 3. The van der Waals surface area contributed by atoms with Crippen molar-refractivity contribution in [3.05, 3.63) is 60.7 Å². The van der Waals surface area contributed by atoms with Gasteiger partial charge in [0.15, 0.2) is 0 Å². The van der Waals surface area contributed by atoms with Gasteiger partial charge >= 0.3 is 0 Å². The summed E-state index contributed by atoms with van der Waals surface area (Å²) >= 11 is 0. The highest BCUT2D eigenvalue weighted by atomic mass is 15.0. The summed E-state index contributed by atoms with van der Waals surface area (Å²) in [6.45, 7) is 0. The first-order valence-electron chi connectivity index (χ1n) is 5.15. The van der Waals surface area contributed by atoms with E-state index < -0.39 is 0 Å². The third-order valence-corrected chi connectivity index (χ3v) is 2.65. The van der Waals surface area contributed by atoms with E-state index in [0.29, 0.717) is 0 Å². The molecule has 0 atom stereocenters. The van der Waals surface area contributed by atoms with Gasteiger partial charge in [0.1, 0.15) is 0 Å². The zero-order valence-electron chi connectivity index (χ0n) is 8.93. The monoisotopic (exact) mass is 210 g/mol. The van der Waals surface area contributed by atoms with Crippen LogP contribution in [0.1, 0.15) is 0 Å². The van der Waals surface area contributed by atoms with Crippen molar-refractivity contribution in [3.8, 4) is 0 Å². The predicted molar refractivity (Wildman–Crippen MR) is 69.8 cm³/mol. The molecule has 0 aromatic heterocycles. The van der Waals surface area contributed by atoms with E-state index in [0.717, 1.165) is 0 Å². The van der Waals surface area contributed by atoms with Crippen LogP contribution in [0.25, 0.3) is 21.5 Å². The Kier molecular flexibility index (Phi) is 3.15. The van der Waals surface area contributed by atoms with Crippen LogP contribution < -0.4 is 11.7 Å². The summed E-state index contributed by atoms with van der Waals surface area (Å²) in [5.41, 5.74) is 0. The Labute approximate surface area is 94.5 Å². The van der Waals surface area contributed by atoms with E-state index in [2.05, 4.69) is 72.3 Å². The summed E-state index contributed by atoms with van der Waals surface area (Å²) in [6.07, 6.45) is 0. The first-order chi connectivity index (χ1) is 7.95. The molecular formula is C14H14N2. The fourth-order valence-electron chi connectivity index (χ4n) is 1.95. The lowest BCUT2D eigenvalue weighted by atomic mass is 10.0. The molecule has 0 aliphatic carbocycles. The normalized spacial score (nSPS) is 9.88. The maximum atomic E-state index is 4.00. The molecule has 0 aliphatic rings. The molecular weight excluding hydrogens is 196 g/mol. The molecule has 0 aliphatic heterocycles. The van der Waals surface area contributed by atoms with E-state index in [1.165, 1.54) is 21.5 Å². The molecule has 0 bridgehead atoms. The molecule has 4 N–H and O–H groups in total. The molecule has 0 unspecified atom stereocenters. The Hall–Kier alpha value is -1.90. The van der Waals surface area contributed by atoms with Gasteiger partial charge in [-0.15, -0.1) is 0 Å². The van der Waals surface area contributed by atoms with Gasteiger partial charge < -0.3 is 0 Å². The van der Waals surface area contributed by atoms with Crippen LogP contribution in [-0.2, 0) is 0 Å². The molecule has 0 fully saturated rings. The molecule has 3 rings (SSSR count). The van der Waals surface area contributed by atoms with Gasteiger partial charge in [-0.1, -0.05) is 60.7 Å². The second-order valence-electron chi connectivity index (χ2n) is 3.51. The third kappa shape index (κ3) is 1.76. The number of hydrazine groups is 1. The van der Waals surface area contributed by atoms with Crippen molar-refractivity contribution in [2.24, 2.45) is 11.7 Å². The first kappa shape index (κ1) is 10.6. The Morgan fingerprint density at radius 2 is 0.875 bits per heavy atom. The van der Waals surface area contributed by atoms with Crippen molar-refractivity contribution in [2.45, 2.75) is 0 Å². The summed E-state index contributed by atoms with van der Waals surface area (Å²) < 4.78 is 0. The maximum absolute atomic E-state index is 4.00. The van der Waals surface area contributed by atoms with Crippen molar-refractivity contribution in [2.75, 3.05) is 0 Å². The molecule has 0 heterocycles. The van der Waals surface area contributed by atoms with Crippen LogP contribution >= 0.6 is 0 Å². The van der Waals surface area contributed by atoms with Crippen LogP contribution in [0.3, 0.4) is 0 Å². The maximum Gasteiger partial charge on any atom is -0.0105 e. The summed E-state index contributed by atoms with van der Waals surface area (Å²) in [4.78, 5) is 0. The van der Waals surface area contributed by atoms with Gasteiger partial charge in [-0.25, -0.2) is 0 Å². The highest BCUT2D eigenvalue weighted by Crippen LogP contribution is 2.24. The topological polar surface area (TPSA) is 52.0 Å². The zero-order chi connectivity index (χ0) is 11.4. The molecule has 2 nitrogen and oxygen atoms in total. The van der Waals surface area contributed by atoms with E-state index in [1.54, 1.807) is 0 Å². The third-order valence-electron chi connectivity index (χ3n) is 2.65. The summed E-state index contributed by atoms with van der Waals surface area (Å²) in [7, 11) is 0. The summed E-state index contributed by atoms with van der Waals surface area (Å²) in [5, 5.41) is 5.30. The van der Waals surface area contributed by atoms with Gasteiger partial charge in [-0.3, -0.25) is 11.7 Å². The first-order valence-corrected chi connectivity index (χ1v) is 5.15.